The van der Waals surface area contributed by atoms with E-state index >= 15 is 0 Å². The van der Waals surface area contributed by atoms with Crippen molar-refractivity contribution < 1.29 is 14.0 Å². The van der Waals surface area contributed by atoms with Gasteiger partial charge in [0.05, 0.1) is 0 Å². The molecule has 0 bridgehead atoms. The number of carbonyl (C=O) groups excluding carboxylic acids is 2. The van der Waals surface area contributed by atoms with Gasteiger partial charge in [-0.1, -0.05) is 6.07 Å². The molecule has 6 nitrogen and oxygen atoms in total. The summed E-state index contributed by atoms with van der Waals surface area (Å²) in [6.07, 6.45) is 6.64. The van der Waals surface area contributed by atoms with E-state index in [1.54, 1.807) is 12.3 Å². The van der Waals surface area contributed by atoms with Crippen LogP contribution in [0.3, 0.4) is 0 Å². The van der Waals surface area contributed by atoms with Crippen LogP contribution in [0.1, 0.15) is 47.6 Å². The summed E-state index contributed by atoms with van der Waals surface area (Å²) in [5.41, 5.74) is 0.912. The van der Waals surface area contributed by atoms with Gasteiger partial charge >= 0.3 is 0 Å². The van der Waals surface area contributed by atoms with Crippen LogP contribution >= 0.6 is 0 Å². The molecule has 2 aliphatic rings. The molecule has 4 heterocycles. The molecule has 2 saturated heterocycles. The first-order valence-electron chi connectivity index (χ1n) is 9.12. The summed E-state index contributed by atoms with van der Waals surface area (Å²) < 4.78 is 5.47. The topological polar surface area (TPSA) is 66.7 Å². The number of aromatic nitrogens is 1. The Bertz CT molecular complexity index is 807. The fourth-order valence-corrected chi connectivity index (χ4v) is 4.16. The fraction of sp³-hybridized carbons (Fsp3) is 0.450. The Labute approximate surface area is 152 Å². The van der Waals surface area contributed by atoms with Crippen LogP contribution in [0, 0.1) is 6.92 Å². The van der Waals surface area contributed by atoms with Gasteiger partial charge in [-0.05, 0) is 49.9 Å². The van der Waals surface area contributed by atoms with E-state index in [4.69, 9.17) is 4.42 Å². The van der Waals surface area contributed by atoms with Crippen molar-refractivity contribution in [2.24, 2.45) is 0 Å². The molecular weight excluding hydrogens is 330 g/mol. The lowest BCUT2D eigenvalue weighted by Gasteiger charge is -2.44. The van der Waals surface area contributed by atoms with Crippen LogP contribution in [-0.4, -0.2) is 45.2 Å². The van der Waals surface area contributed by atoms with E-state index in [-0.39, 0.29) is 17.4 Å². The fourth-order valence-electron chi connectivity index (χ4n) is 4.16. The number of hydrogen-bond acceptors (Lipinski definition) is 4. The highest BCUT2D eigenvalue weighted by Crippen LogP contribution is 2.40. The van der Waals surface area contributed by atoms with E-state index in [1.165, 1.54) is 0 Å². The number of piperidine rings is 1. The van der Waals surface area contributed by atoms with Gasteiger partial charge < -0.3 is 14.2 Å². The Hall–Kier alpha value is -2.63. The lowest BCUT2D eigenvalue weighted by atomic mass is 9.84. The zero-order chi connectivity index (χ0) is 18.1. The molecule has 2 aliphatic heterocycles. The number of hydrogen-bond donors (Lipinski definition) is 0. The summed E-state index contributed by atoms with van der Waals surface area (Å²) in [6.45, 7) is 3.73. The predicted molar refractivity (Wildman–Crippen MR) is 95.3 cm³/mol. The molecule has 2 aromatic rings. The molecule has 26 heavy (non-hydrogen) atoms. The summed E-state index contributed by atoms with van der Waals surface area (Å²) in [5, 5.41) is 0. The Balaban J connectivity index is 1.46. The molecule has 0 aromatic carbocycles. The van der Waals surface area contributed by atoms with Crippen molar-refractivity contribution in [1.29, 1.82) is 0 Å². The van der Waals surface area contributed by atoms with Crippen molar-refractivity contribution in [2.45, 2.75) is 44.7 Å². The Kier molecular flexibility index (Phi) is 4.26. The van der Waals surface area contributed by atoms with Crippen LogP contribution in [-0.2, 0) is 11.3 Å². The first-order valence-corrected chi connectivity index (χ1v) is 9.12. The van der Waals surface area contributed by atoms with Gasteiger partial charge in [-0.15, -0.1) is 0 Å². The zero-order valence-electron chi connectivity index (χ0n) is 15.0. The number of nitrogens with zero attached hydrogens (tertiary/aromatic N) is 3. The molecule has 0 unspecified atom stereocenters. The average molecular weight is 353 g/mol. The smallest absolute Gasteiger partial charge is 0.289 e. The van der Waals surface area contributed by atoms with Crippen molar-refractivity contribution >= 4 is 11.8 Å². The molecule has 0 aliphatic carbocycles. The summed E-state index contributed by atoms with van der Waals surface area (Å²) >= 11 is 0. The van der Waals surface area contributed by atoms with E-state index in [9.17, 15) is 9.59 Å². The Morgan fingerprint density at radius 2 is 2.04 bits per heavy atom. The van der Waals surface area contributed by atoms with Gasteiger partial charge in [0.25, 0.3) is 5.91 Å². The van der Waals surface area contributed by atoms with Crippen LogP contribution in [0.5, 0.6) is 0 Å². The lowest BCUT2D eigenvalue weighted by molar-refractivity contribution is -0.133. The van der Waals surface area contributed by atoms with Crippen LogP contribution in [0.2, 0.25) is 0 Å². The second kappa shape index (κ2) is 6.59. The summed E-state index contributed by atoms with van der Waals surface area (Å²) in [5.74, 6) is 1.28. The second-order valence-electron chi connectivity index (χ2n) is 7.27. The van der Waals surface area contributed by atoms with E-state index in [0.29, 0.717) is 31.8 Å². The first kappa shape index (κ1) is 16.8. The number of pyridine rings is 1. The van der Waals surface area contributed by atoms with E-state index < -0.39 is 0 Å². The molecule has 0 N–H and O–H groups in total. The molecule has 0 saturated carbocycles. The monoisotopic (exact) mass is 353 g/mol. The minimum atomic E-state index is -0.136. The maximum absolute atomic E-state index is 12.6. The Morgan fingerprint density at radius 3 is 2.69 bits per heavy atom. The number of furan rings is 1. The molecule has 0 atom stereocenters. The van der Waals surface area contributed by atoms with E-state index in [0.717, 1.165) is 30.6 Å². The van der Waals surface area contributed by atoms with Gasteiger partial charge in [0, 0.05) is 44.0 Å². The van der Waals surface area contributed by atoms with Gasteiger partial charge in [0.2, 0.25) is 5.91 Å². The SMILES string of the molecule is Cc1ccc(C(=O)N2CCC3(CCC(=O)N3Cc3cccnc3)CC2)o1. The van der Waals surface area contributed by atoms with Crippen molar-refractivity contribution in [1.82, 2.24) is 14.8 Å². The normalized spacial score (nSPS) is 19.3. The highest BCUT2D eigenvalue weighted by Gasteiger charge is 2.47. The third kappa shape index (κ3) is 3.00. The lowest BCUT2D eigenvalue weighted by Crippen LogP contribution is -2.53. The Morgan fingerprint density at radius 1 is 1.23 bits per heavy atom. The molecule has 1 spiro atoms. The molecule has 2 amide bonds. The van der Waals surface area contributed by atoms with Gasteiger partial charge in [0.15, 0.2) is 5.76 Å². The molecular formula is C20H23N3O3. The second-order valence-corrected chi connectivity index (χ2v) is 7.27. The summed E-state index contributed by atoms with van der Waals surface area (Å²) in [7, 11) is 0. The standard InChI is InChI=1S/C20H23N3O3/c1-15-4-5-17(26-15)19(25)22-11-8-20(9-12-22)7-6-18(24)23(20)14-16-3-2-10-21-13-16/h2-5,10,13H,6-9,11-12,14H2,1H3. The minimum absolute atomic E-state index is 0.0592. The number of aryl methyl sites for hydroxylation is 1. The number of amides is 2. The van der Waals surface area contributed by atoms with E-state index in [1.807, 2.05) is 41.1 Å². The third-order valence-electron chi connectivity index (χ3n) is 5.67. The molecule has 2 aromatic heterocycles. The zero-order valence-corrected chi connectivity index (χ0v) is 15.0. The molecule has 2 fully saturated rings. The van der Waals surface area contributed by atoms with Crippen LogP contribution < -0.4 is 0 Å². The average Bonchev–Trinajstić information content (AvgIpc) is 3.22. The van der Waals surface area contributed by atoms with Gasteiger partial charge in [-0.2, -0.15) is 0 Å². The maximum atomic E-state index is 12.6. The van der Waals surface area contributed by atoms with Crippen molar-refractivity contribution in [3.63, 3.8) is 0 Å². The number of likely N-dealkylation sites (tertiary alicyclic amines) is 2. The number of carbonyl (C=O) groups is 2. The molecule has 0 radical (unpaired) electrons. The van der Waals surface area contributed by atoms with Crippen LogP contribution in [0.15, 0.2) is 41.1 Å². The summed E-state index contributed by atoms with van der Waals surface area (Å²) in [4.78, 5) is 33.1. The molecule has 6 heteroatoms. The van der Waals surface area contributed by atoms with E-state index in [2.05, 4.69) is 4.98 Å². The highest BCUT2D eigenvalue weighted by molar-refractivity contribution is 5.91. The largest absolute Gasteiger partial charge is 0.456 e. The molecule has 4 rings (SSSR count). The first-order chi connectivity index (χ1) is 12.6. The van der Waals surface area contributed by atoms with Crippen LogP contribution in [0.4, 0.5) is 0 Å². The maximum Gasteiger partial charge on any atom is 0.289 e. The van der Waals surface area contributed by atoms with Gasteiger partial charge in [-0.3, -0.25) is 14.6 Å². The minimum Gasteiger partial charge on any atom is -0.456 e. The number of rotatable bonds is 3. The van der Waals surface area contributed by atoms with Gasteiger partial charge in [0.1, 0.15) is 5.76 Å². The van der Waals surface area contributed by atoms with Crippen LogP contribution in [0.25, 0.3) is 0 Å². The predicted octanol–water partition coefficient (Wildman–Crippen LogP) is 2.78. The third-order valence-corrected chi connectivity index (χ3v) is 5.67. The van der Waals surface area contributed by atoms with Crippen molar-refractivity contribution in [2.75, 3.05) is 13.1 Å². The molecule has 136 valence electrons. The summed E-state index contributed by atoms with van der Waals surface area (Å²) in [6, 6.07) is 7.44. The highest BCUT2D eigenvalue weighted by atomic mass is 16.3. The van der Waals surface area contributed by atoms with Crippen molar-refractivity contribution in [3.05, 3.63) is 53.7 Å². The van der Waals surface area contributed by atoms with Crippen molar-refractivity contribution in [3.8, 4) is 0 Å². The quantitative estimate of drug-likeness (QED) is 0.851. The van der Waals surface area contributed by atoms with Gasteiger partial charge in [-0.25, -0.2) is 0 Å².